The predicted octanol–water partition coefficient (Wildman–Crippen LogP) is 1.82. The van der Waals surface area contributed by atoms with Gasteiger partial charge < -0.3 is 15.3 Å². The van der Waals surface area contributed by atoms with Crippen LogP contribution in [0.2, 0.25) is 0 Å². The molecule has 0 saturated heterocycles. The third kappa shape index (κ3) is 4.40. The second-order valence-corrected chi connectivity index (χ2v) is 6.90. The number of hydrogen-bond donors (Lipinski definition) is 2. The molecule has 0 unspecified atom stereocenters. The summed E-state index contributed by atoms with van der Waals surface area (Å²) < 4.78 is 0. The van der Waals surface area contributed by atoms with Crippen LogP contribution in [0.4, 0.5) is 4.79 Å². The number of aromatic nitrogens is 1. The summed E-state index contributed by atoms with van der Waals surface area (Å²) in [6.07, 6.45) is 8.19. The van der Waals surface area contributed by atoms with Crippen LogP contribution in [0.1, 0.15) is 31.7 Å². The van der Waals surface area contributed by atoms with Gasteiger partial charge in [0.15, 0.2) is 0 Å². The van der Waals surface area contributed by atoms with Crippen molar-refractivity contribution in [3.8, 4) is 0 Å². The van der Waals surface area contributed by atoms with Crippen LogP contribution < -0.4 is 5.32 Å². The molecule has 2 N–H and O–H groups in total. The largest absolute Gasteiger partial charge is 0.480 e. The molecule has 140 valence electrons. The molecule has 1 aromatic rings. The monoisotopic (exact) mass is 358 g/mol. The Balaban J connectivity index is 1.48. The Morgan fingerprint density at radius 2 is 2.08 bits per heavy atom. The molecule has 7 nitrogen and oxygen atoms in total. The van der Waals surface area contributed by atoms with Gasteiger partial charge in [-0.25, -0.2) is 4.79 Å². The van der Waals surface area contributed by atoms with E-state index in [-0.39, 0.29) is 24.7 Å². The summed E-state index contributed by atoms with van der Waals surface area (Å²) in [4.78, 5) is 31.3. The van der Waals surface area contributed by atoms with Crippen LogP contribution in [0, 0.1) is 0 Å². The molecule has 0 atom stereocenters. The predicted molar refractivity (Wildman–Crippen MR) is 98.6 cm³/mol. The maximum absolute atomic E-state index is 12.6. The molecule has 0 spiro atoms. The van der Waals surface area contributed by atoms with Crippen molar-refractivity contribution in [1.29, 1.82) is 0 Å². The molecule has 0 bridgehead atoms. The molecule has 3 rings (SSSR count). The Kier molecular flexibility index (Phi) is 5.88. The molecular formula is C19H26N4O3. The van der Waals surface area contributed by atoms with Gasteiger partial charge in [-0.1, -0.05) is 13.0 Å². The zero-order valence-electron chi connectivity index (χ0n) is 15.1. The third-order valence-electron chi connectivity index (χ3n) is 5.19. The van der Waals surface area contributed by atoms with Crippen molar-refractivity contribution in [2.45, 2.75) is 38.3 Å². The number of aliphatic carboxylic acids is 1. The smallest absolute Gasteiger partial charge is 0.317 e. The lowest BCUT2D eigenvalue weighted by atomic mass is 9.85. The van der Waals surface area contributed by atoms with E-state index in [0.717, 1.165) is 36.9 Å². The quantitative estimate of drug-likeness (QED) is 0.810. The van der Waals surface area contributed by atoms with Crippen LogP contribution in [0.3, 0.4) is 0 Å². The van der Waals surface area contributed by atoms with E-state index in [1.807, 2.05) is 28.9 Å². The lowest BCUT2D eigenvalue weighted by Gasteiger charge is -2.43. The van der Waals surface area contributed by atoms with Crippen LogP contribution in [0.25, 0.3) is 5.57 Å². The van der Waals surface area contributed by atoms with Gasteiger partial charge in [-0.05, 0) is 49.1 Å². The van der Waals surface area contributed by atoms with Gasteiger partial charge in [-0.2, -0.15) is 0 Å². The van der Waals surface area contributed by atoms with Crippen molar-refractivity contribution >= 4 is 17.6 Å². The minimum Gasteiger partial charge on any atom is -0.480 e. The van der Waals surface area contributed by atoms with E-state index in [9.17, 15) is 9.59 Å². The number of carboxylic acid groups (broad SMARTS) is 1. The highest BCUT2D eigenvalue weighted by atomic mass is 16.4. The molecule has 1 fully saturated rings. The van der Waals surface area contributed by atoms with Crippen molar-refractivity contribution in [3.63, 3.8) is 0 Å². The van der Waals surface area contributed by atoms with E-state index in [1.54, 1.807) is 12.4 Å². The first-order chi connectivity index (χ1) is 12.6. The summed E-state index contributed by atoms with van der Waals surface area (Å²) in [6.45, 7) is 4.07. The Morgan fingerprint density at radius 1 is 1.35 bits per heavy atom. The Hall–Kier alpha value is -2.41. The molecule has 0 aromatic carbocycles. The SMILES string of the molecule is CCN(CC(=O)O)C1CC(NC(=O)N2CCC=C(c3ccncc3)C2)C1. The summed E-state index contributed by atoms with van der Waals surface area (Å²) in [6, 6.07) is 4.27. The van der Waals surface area contributed by atoms with Gasteiger partial charge in [0.25, 0.3) is 0 Å². The topological polar surface area (TPSA) is 85.8 Å². The van der Waals surface area contributed by atoms with Crippen molar-refractivity contribution in [1.82, 2.24) is 20.1 Å². The standard InChI is InChI=1S/C19H26N4O3/c1-2-22(13-18(24)25)17-10-16(11-17)21-19(26)23-9-3-4-15(12-23)14-5-7-20-8-6-14/h4-8,16-17H,2-3,9-13H2,1H3,(H,21,26)(H,24,25). The van der Waals surface area contributed by atoms with E-state index in [1.165, 1.54) is 0 Å². The molecule has 0 radical (unpaired) electrons. The lowest BCUT2D eigenvalue weighted by Crippen LogP contribution is -2.57. The number of carbonyl (C=O) groups excluding carboxylic acids is 1. The number of amides is 2. The van der Waals surface area contributed by atoms with Crippen LogP contribution >= 0.6 is 0 Å². The summed E-state index contributed by atoms with van der Waals surface area (Å²) in [5.41, 5.74) is 2.26. The van der Waals surface area contributed by atoms with Crippen molar-refractivity contribution in [2.24, 2.45) is 0 Å². The van der Waals surface area contributed by atoms with Crippen molar-refractivity contribution in [3.05, 3.63) is 36.2 Å². The third-order valence-corrected chi connectivity index (χ3v) is 5.19. The molecular weight excluding hydrogens is 332 g/mol. The van der Waals surface area contributed by atoms with Gasteiger partial charge in [0.05, 0.1) is 6.54 Å². The number of pyridine rings is 1. The highest BCUT2D eigenvalue weighted by Crippen LogP contribution is 2.26. The minimum absolute atomic E-state index is 0.0330. The van der Waals surface area contributed by atoms with Gasteiger partial charge in [-0.15, -0.1) is 0 Å². The van der Waals surface area contributed by atoms with E-state index in [0.29, 0.717) is 13.1 Å². The second-order valence-electron chi connectivity index (χ2n) is 6.90. The second kappa shape index (κ2) is 8.31. The first-order valence-corrected chi connectivity index (χ1v) is 9.17. The maximum atomic E-state index is 12.6. The van der Waals surface area contributed by atoms with E-state index in [4.69, 9.17) is 5.11 Å². The van der Waals surface area contributed by atoms with E-state index >= 15 is 0 Å². The minimum atomic E-state index is -0.803. The van der Waals surface area contributed by atoms with Gasteiger partial charge in [-0.3, -0.25) is 14.7 Å². The molecule has 1 aliphatic carbocycles. The average molecular weight is 358 g/mol. The number of nitrogens with one attached hydrogen (secondary N) is 1. The fourth-order valence-corrected chi connectivity index (χ4v) is 3.63. The molecule has 1 saturated carbocycles. The van der Waals surface area contributed by atoms with E-state index < -0.39 is 5.97 Å². The van der Waals surface area contributed by atoms with Gasteiger partial charge in [0.1, 0.15) is 0 Å². The first kappa shape index (κ1) is 18.4. The highest BCUT2D eigenvalue weighted by Gasteiger charge is 2.35. The lowest BCUT2D eigenvalue weighted by molar-refractivity contribution is -0.139. The Morgan fingerprint density at radius 3 is 2.73 bits per heavy atom. The molecule has 2 aliphatic rings. The molecule has 2 amide bonds. The number of carboxylic acids is 1. The van der Waals surface area contributed by atoms with Crippen LogP contribution in [-0.4, -0.2) is 70.2 Å². The summed E-state index contributed by atoms with van der Waals surface area (Å²) in [5, 5.41) is 12.1. The summed E-state index contributed by atoms with van der Waals surface area (Å²) in [5.74, 6) is -0.803. The molecule has 7 heteroatoms. The number of rotatable bonds is 6. The van der Waals surface area contributed by atoms with Gasteiger partial charge >= 0.3 is 12.0 Å². The molecule has 1 aromatic heterocycles. The summed E-state index contributed by atoms with van der Waals surface area (Å²) >= 11 is 0. The number of hydrogen-bond acceptors (Lipinski definition) is 4. The molecule has 26 heavy (non-hydrogen) atoms. The molecule has 1 aliphatic heterocycles. The Bertz CT molecular complexity index is 671. The number of likely N-dealkylation sites (N-methyl/N-ethyl adjacent to an activating group) is 1. The molecule has 2 heterocycles. The zero-order valence-corrected chi connectivity index (χ0v) is 15.1. The number of carbonyl (C=O) groups is 2. The van der Waals surface area contributed by atoms with Gasteiger partial charge in [0, 0.05) is 37.6 Å². The summed E-state index contributed by atoms with van der Waals surface area (Å²) in [7, 11) is 0. The van der Waals surface area contributed by atoms with E-state index in [2.05, 4.69) is 16.4 Å². The first-order valence-electron chi connectivity index (χ1n) is 9.17. The number of urea groups is 1. The fourth-order valence-electron chi connectivity index (χ4n) is 3.63. The maximum Gasteiger partial charge on any atom is 0.317 e. The zero-order chi connectivity index (χ0) is 18.5. The normalized spacial score (nSPS) is 22.5. The van der Waals surface area contributed by atoms with Crippen LogP contribution in [0.5, 0.6) is 0 Å². The number of nitrogens with zero attached hydrogens (tertiary/aromatic N) is 3. The average Bonchev–Trinajstić information content (AvgIpc) is 2.63. The van der Waals surface area contributed by atoms with Crippen molar-refractivity contribution < 1.29 is 14.7 Å². The Labute approximate surface area is 153 Å². The van der Waals surface area contributed by atoms with Gasteiger partial charge in [0.2, 0.25) is 0 Å². The van der Waals surface area contributed by atoms with Crippen molar-refractivity contribution in [2.75, 3.05) is 26.2 Å². The van der Waals surface area contributed by atoms with Crippen LogP contribution in [-0.2, 0) is 4.79 Å². The van der Waals surface area contributed by atoms with Crippen LogP contribution in [0.15, 0.2) is 30.6 Å². The highest BCUT2D eigenvalue weighted by molar-refractivity contribution is 5.79. The fraction of sp³-hybridized carbons (Fsp3) is 0.526.